The van der Waals surface area contributed by atoms with Crippen LogP contribution in [-0.2, 0) is 19.0 Å². The number of aromatic nitrogens is 1. The van der Waals surface area contributed by atoms with Gasteiger partial charge in [0.15, 0.2) is 17.5 Å². The Labute approximate surface area is 234 Å². The standard InChI is InChI=1S/C31H20F7NOS/c1-15-2-3-17-9-18(5-4-16(17)8-15)20-10-22(32)28(23(33)11-20)19-6-7-26-27(12-19)41-30(39-26)31(37,38)40-21-13-24(34)29(36)25(35)14-21/h4-7,9-15H,2-3,8H2,1H3. The summed E-state index contributed by atoms with van der Waals surface area (Å²) in [5, 5.41) is -0.868. The minimum atomic E-state index is -4.13. The van der Waals surface area contributed by atoms with Gasteiger partial charge < -0.3 is 4.74 Å². The molecule has 1 unspecified atom stereocenters. The second kappa shape index (κ2) is 10.2. The molecule has 6 rings (SSSR count). The largest absolute Gasteiger partial charge is 0.454 e. The van der Waals surface area contributed by atoms with E-state index >= 15 is 8.78 Å². The van der Waals surface area contributed by atoms with Gasteiger partial charge in [0.1, 0.15) is 17.4 Å². The highest BCUT2D eigenvalue weighted by atomic mass is 32.1. The summed E-state index contributed by atoms with van der Waals surface area (Å²) in [6.45, 7) is 2.20. The fourth-order valence-electron chi connectivity index (χ4n) is 5.12. The first-order valence-corrected chi connectivity index (χ1v) is 13.5. The smallest absolute Gasteiger partial charge is 0.427 e. The molecule has 0 saturated carbocycles. The highest BCUT2D eigenvalue weighted by Crippen LogP contribution is 2.40. The molecule has 5 aromatic rings. The summed E-state index contributed by atoms with van der Waals surface area (Å²) in [5.74, 6) is -7.18. The van der Waals surface area contributed by atoms with Crippen molar-refractivity contribution in [1.82, 2.24) is 4.98 Å². The molecule has 0 saturated heterocycles. The van der Waals surface area contributed by atoms with Crippen LogP contribution in [0.1, 0.15) is 29.5 Å². The Morgan fingerprint density at radius 1 is 0.780 bits per heavy atom. The quantitative estimate of drug-likeness (QED) is 0.151. The lowest BCUT2D eigenvalue weighted by molar-refractivity contribution is -0.185. The molecule has 41 heavy (non-hydrogen) atoms. The Morgan fingerprint density at radius 3 is 2.17 bits per heavy atom. The van der Waals surface area contributed by atoms with Gasteiger partial charge >= 0.3 is 6.11 Å². The van der Waals surface area contributed by atoms with Gasteiger partial charge in [0, 0.05) is 12.1 Å². The van der Waals surface area contributed by atoms with Crippen molar-refractivity contribution in [1.29, 1.82) is 0 Å². The molecule has 1 atom stereocenters. The number of ether oxygens (including phenoxy) is 1. The first-order chi connectivity index (χ1) is 19.5. The highest BCUT2D eigenvalue weighted by Gasteiger charge is 2.39. The molecular weight excluding hydrogens is 567 g/mol. The third kappa shape index (κ3) is 5.16. The second-order valence-corrected chi connectivity index (χ2v) is 11.2. The van der Waals surface area contributed by atoms with E-state index in [9.17, 15) is 22.0 Å². The molecule has 0 amide bonds. The maximum Gasteiger partial charge on any atom is 0.454 e. The van der Waals surface area contributed by atoms with Crippen LogP contribution in [0.5, 0.6) is 5.75 Å². The molecule has 1 aliphatic rings. The van der Waals surface area contributed by atoms with E-state index in [2.05, 4.69) is 16.6 Å². The van der Waals surface area contributed by atoms with Crippen LogP contribution < -0.4 is 4.74 Å². The minimum absolute atomic E-state index is 0.0920. The number of thiazole rings is 1. The summed E-state index contributed by atoms with van der Waals surface area (Å²) >= 11 is 0.476. The highest BCUT2D eigenvalue weighted by molar-refractivity contribution is 7.18. The Bertz CT molecular complexity index is 1770. The molecule has 1 heterocycles. The zero-order chi connectivity index (χ0) is 29.1. The van der Waals surface area contributed by atoms with Gasteiger partial charge in [-0.15, -0.1) is 11.3 Å². The molecule has 1 aromatic heterocycles. The van der Waals surface area contributed by atoms with Crippen molar-refractivity contribution in [2.75, 3.05) is 0 Å². The van der Waals surface area contributed by atoms with E-state index in [0.29, 0.717) is 28.4 Å². The van der Waals surface area contributed by atoms with E-state index in [1.807, 2.05) is 18.2 Å². The van der Waals surface area contributed by atoms with Crippen molar-refractivity contribution in [2.24, 2.45) is 5.92 Å². The molecule has 1 aliphatic carbocycles. The molecular formula is C31H20F7NOS. The lowest BCUT2D eigenvalue weighted by atomic mass is 9.83. The minimum Gasteiger partial charge on any atom is -0.427 e. The second-order valence-electron chi connectivity index (χ2n) is 10.2. The summed E-state index contributed by atoms with van der Waals surface area (Å²) in [4.78, 5) is 3.81. The number of benzene rings is 4. The zero-order valence-electron chi connectivity index (χ0n) is 21.4. The van der Waals surface area contributed by atoms with Gasteiger partial charge in [-0.2, -0.15) is 8.78 Å². The number of alkyl halides is 2. The van der Waals surface area contributed by atoms with Crippen LogP contribution in [-0.4, -0.2) is 4.98 Å². The van der Waals surface area contributed by atoms with E-state index in [1.54, 1.807) is 0 Å². The molecule has 0 spiro atoms. The maximum absolute atomic E-state index is 15.3. The molecule has 2 nitrogen and oxygen atoms in total. The molecule has 0 radical (unpaired) electrons. The molecule has 0 fully saturated rings. The summed E-state index contributed by atoms with van der Waals surface area (Å²) in [6.07, 6.45) is -1.20. The van der Waals surface area contributed by atoms with E-state index in [1.165, 1.54) is 41.5 Å². The fraction of sp³-hybridized carbons (Fsp3) is 0.194. The van der Waals surface area contributed by atoms with E-state index in [4.69, 9.17) is 0 Å². The van der Waals surface area contributed by atoms with Crippen LogP contribution in [0.3, 0.4) is 0 Å². The van der Waals surface area contributed by atoms with Gasteiger partial charge in [0.05, 0.1) is 15.8 Å². The van der Waals surface area contributed by atoms with Gasteiger partial charge in [-0.25, -0.2) is 26.9 Å². The Kier molecular flexibility index (Phi) is 6.76. The molecule has 10 heteroatoms. The van der Waals surface area contributed by atoms with Crippen molar-refractivity contribution in [3.05, 3.63) is 106 Å². The van der Waals surface area contributed by atoms with Crippen molar-refractivity contribution < 1.29 is 35.5 Å². The van der Waals surface area contributed by atoms with Crippen molar-refractivity contribution in [3.63, 3.8) is 0 Å². The average molecular weight is 588 g/mol. The first-order valence-electron chi connectivity index (χ1n) is 12.7. The van der Waals surface area contributed by atoms with Crippen LogP contribution in [0, 0.1) is 35.0 Å². The van der Waals surface area contributed by atoms with E-state index in [0.717, 1.165) is 19.3 Å². The molecule has 0 bridgehead atoms. The van der Waals surface area contributed by atoms with Crippen LogP contribution >= 0.6 is 11.3 Å². The van der Waals surface area contributed by atoms with Gasteiger partial charge in [-0.05, 0) is 77.3 Å². The van der Waals surface area contributed by atoms with Gasteiger partial charge in [-0.3, -0.25) is 0 Å². The van der Waals surface area contributed by atoms with Gasteiger partial charge in [-0.1, -0.05) is 31.2 Å². The number of rotatable bonds is 5. The summed E-state index contributed by atoms with van der Waals surface area (Å²) in [5.41, 5.74) is 3.39. The summed E-state index contributed by atoms with van der Waals surface area (Å²) in [6, 6.07) is 12.9. The third-order valence-corrected chi connectivity index (χ3v) is 8.26. The average Bonchev–Trinajstić information content (AvgIpc) is 3.35. The number of fused-ring (bicyclic) bond motifs is 2. The Hall–Kier alpha value is -3.92. The number of nitrogens with zero attached hydrogens (tertiary/aromatic N) is 1. The normalized spacial score (nSPS) is 15.3. The number of hydrogen-bond donors (Lipinski definition) is 0. The van der Waals surface area contributed by atoms with Crippen molar-refractivity contribution >= 4 is 21.6 Å². The van der Waals surface area contributed by atoms with Gasteiger partial charge in [0.2, 0.25) is 5.01 Å². The fourth-order valence-corrected chi connectivity index (χ4v) is 6.04. The third-order valence-electron chi connectivity index (χ3n) is 7.19. The zero-order valence-corrected chi connectivity index (χ0v) is 22.2. The topological polar surface area (TPSA) is 22.1 Å². The number of hydrogen-bond acceptors (Lipinski definition) is 3. The first kappa shape index (κ1) is 27.3. The number of aryl methyl sites for hydroxylation is 1. The summed E-state index contributed by atoms with van der Waals surface area (Å²) < 4.78 is 105. The maximum atomic E-state index is 15.3. The summed E-state index contributed by atoms with van der Waals surface area (Å²) in [7, 11) is 0. The Morgan fingerprint density at radius 2 is 1.46 bits per heavy atom. The van der Waals surface area contributed by atoms with Crippen LogP contribution in [0.25, 0.3) is 32.5 Å². The molecule has 4 aromatic carbocycles. The number of halogens is 7. The molecule has 0 aliphatic heterocycles. The monoisotopic (exact) mass is 587 g/mol. The lowest BCUT2D eigenvalue weighted by Crippen LogP contribution is -2.21. The van der Waals surface area contributed by atoms with Crippen molar-refractivity contribution in [2.45, 2.75) is 32.3 Å². The van der Waals surface area contributed by atoms with E-state index < -0.39 is 46.0 Å². The lowest BCUT2D eigenvalue weighted by Gasteiger charge is -2.22. The van der Waals surface area contributed by atoms with Crippen molar-refractivity contribution in [3.8, 4) is 28.0 Å². The SMILES string of the molecule is CC1CCc2cc(-c3cc(F)c(-c4ccc5nc(C(F)(F)Oc6cc(F)c(F)c(F)c6)sc5c4)c(F)c3)ccc2C1. The van der Waals surface area contributed by atoms with Gasteiger partial charge in [0.25, 0.3) is 0 Å². The van der Waals surface area contributed by atoms with Crippen LogP contribution in [0.4, 0.5) is 30.7 Å². The molecule has 0 N–H and O–H groups in total. The van der Waals surface area contributed by atoms with E-state index in [-0.39, 0.29) is 33.5 Å². The van der Waals surface area contributed by atoms with Crippen LogP contribution in [0.2, 0.25) is 0 Å². The Balaban J connectivity index is 1.30. The van der Waals surface area contributed by atoms with Crippen LogP contribution in [0.15, 0.2) is 60.7 Å². The molecule has 210 valence electrons. The predicted molar refractivity (Wildman–Crippen MR) is 142 cm³/mol. The predicted octanol–water partition coefficient (Wildman–Crippen LogP) is 9.58.